The van der Waals surface area contributed by atoms with Gasteiger partial charge in [-0.3, -0.25) is 9.69 Å². The molecule has 1 heterocycles. The monoisotopic (exact) mass is 279 g/mol. The van der Waals surface area contributed by atoms with E-state index in [9.17, 15) is 9.90 Å². The zero-order chi connectivity index (χ0) is 14.5. The summed E-state index contributed by atoms with van der Waals surface area (Å²) in [6, 6.07) is 7.30. The highest BCUT2D eigenvalue weighted by Gasteiger charge is 2.26. The smallest absolute Gasteiger partial charge is 0.307 e. The van der Waals surface area contributed by atoms with Crippen molar-refractivity contribution in [2.75, 3.05) is 26.7 Å². The van der Waals surface area contributed by atoms with Crippen LogP contribution in [0.4, 0.5) is 0 Å². The number of aliphatic carboxylic acids is 1. The van der Waals surface area contributed by atoms with Crippen LogP contribution in [-0.2, 0) is 4.79 Å². The molecule has 2 unspecified atom stereocenters. The molecule has 5 heteroatoms. The first kappa shape index (κ1) is 14.8. The Morgan fingerprint density at radius 1 is 1.45 bits per heavy atom. The van der Waals surface area contributed by atoms with Gasteiger partial charge in [-0.25, -0.2) is 0 Å². The number of carboxylic acid groups (broad SMARTS) is 1. The standard InChI is InChI=1S/C15H21NO4/c1-20-13-6-4-11(5-7-13)14(17)10-16-8-2-3-12(9-16)15(18)19/h4-7,12,14,17H,2-3,8-10H2,1H3,(H,18,19). The maximum Gasteiger partial charge on any atom is 0.307 e. The second-order valence-electron chi connectivity index (χ2n) is 5.23. The molecule has 0 amide bonds. The molecular weight excluding hydrogens is 258 g/mol. The summed E-state index contributed by atoms with van der Waals surface area (Å²) in [5.41, 5.74) is 0.822. The first-order valence-electron chi connectivity index (χ1n) is 6.87. The maximum atomic E-state index is 11.0. The van der Waals surface area contributed by atoms with E-state index in [-0.39, 0.29) is 5.92 Å². The van der Waals surface area contributed by atoms with E-state index >= 15 is 0 Å². The highest BCUT2D eigenvalue weighted by molar-refractivity contribution is 5.70. The Balaban J connectivity index is 1.92. The molecule has 0 saturated carbocycles. The molecular formula is C15H21NO4. The molecule has 0 radical (unpaired) electrons. The number of carbonyl (C=O) groups is 1. The van der Waals surface area contributed by atoms with Crippen molar-refractivity contribution in [1.29, 1.82) is 0 Å². The molecule has 0 spiro atoms. The lowest BCUT2D eigenvalue weighted by Gasteiger charge is -2.32. The third-order valence-electron chi connectivity index (χ3n) is 3.79. The van der Waals surface area contributed by atoms with Crippen molar-refractivity contribution in [3.05, 3.63) is 29.8 Å². The second-order valence-corrected chi connectivity index (χ2v) is 5.23. The average molecular weight is 279 g/mol. The molecule has 2 atom stereocenters. The lowest BCUT2D eigenvalue weighted by molar-refractivity contribution is -0.143. The minimum atomic E-state index is -0.742. The van der Waals surface area contributed by atoms with Crippen LogP contribution in [0.15, 0.2) is 24.3 Å². The molecule has 0 bridgehead atoms. The minimum Gasteiger partial charge on any atom is -0.497 e. The van der Waals surface area contributed by atoms with Gasteiger partial charge in [0.2, 0.25) is 0 Å². The summed E-state index contributed by atoms with van der Waals surface area (Å²) in [6.07, 6.45) is 0.991. The van der Waals surface area contributed by atoms with Gasteiger partial charge in [-0.2, -0.15) is 0 Å². The summed E-state index contributed by atoms with van der Waals surface area (Å²) >= 11 is 0. The molecule has 1 aliphatic heterocycles. The summed E-state index contributed by atoms with van der Waals surface area (Å²) < 4.78 is 5.08. The normalized spacial score (nSPS) is 21.4. The molecule has 0 aromatic heterocycles. The Kier molecular flexibility index (Phi) is 4.98. The number of rotatable bonds is 5. The van der Waals surface area contributed by atoms with Crippen LogP contribution in [-0.4, -0.2) is 47.8 Å². The molecule has 1 aromatic carbocycles. The number of aliphatic hydroxyl groups excluding tert-OH is 1. The van der Waals surface area contributed by atoms with E-state index in [1.165, 1.54) is 0 Å². The summed E-state index contributed by atoms with van der Waals surface area (Å²) in [4.78, 5) is 13.0. The Bertz CT molecular complexity index is 446. The Morgan fingerprint density at radius 3 is 2.75 bits per heavy atom. The van der Waals surface area contributed by atoms with Gasteiger partial charge in [0.25, 0.3) is 0 Å². The van der Waals surface area contributed by atoms with Crippen LogP contribution in [0.5, 0.6) is 5.75 Å². The summed E-state index contributed by atoms with van der Waals surface area (Å²) in [5.74, 6) is -0.301. The van der Waals surface area contributed by atoms with Crippen molar-refractivity contribution in [2.24, 2.45) is 5.92 Å². The van der Waals surface area contributed by atoms with Crippen LogP contribution in [0.25, 0.3) is 0 Å². The van der Waals surface area contributed by atoms with Crippen LogP contribution in [0.1, 0.15) is 24.5 Å². The van der Waals surface area contributed by atoms with E-state index in [1.807, 2.05) is 29.2 Å². The first-order valence-corrected chi connectivity index (χ1v) is 6.87. The van der Waals surface area contributed by atoms with Gasteiger partial charge < -0.3 is 14.9 Å². The van der Waals surface area contributed by atoms with Crippen LogP contribution >= 0.6 is 0 Å². The Hall–Kier alpha value is -1.59. The molecule has 0 aliphatic carbocycles. The molecule has 1 aromatic rings. The van der Waals surface area contributed by atoms with E-state index in [0.29, 0.717) is 13.1 Å². The zero-order valence-electron chi connectivity index (χ0n) is 11.7. The van der Waals surface area contributed by atoms with Crippen molar-refractivity contribution >= 4 is 5.97 Å². The highest BCUT2D eigenvalue weighted by atomic mass is 16.5. The Labute approximate surface area is 118 Å². The van der Waals surface area contributed by atoms with Crippen LogP contribution < -0.4 is 4.74 Å². The van der Waals surface area contributed by atoms with Crippen LogP contribution in [0, 0.1) is 5.92 Å². The van der Waals surface area contributed by atoms with Gasteiger partial charge in [0.15, 0.2) is 0 Å². The van der Waals surface area contributed by atoms with Crippen molar-refractivity contribution in [3.8, 4) is 5.75 Å². The fourth-order valence-electron chi connectivity index (χ4n) is 2.60. The van der Waals surface area contributed by atoms with Gasteiger partial charge in [0.05, 0.1) is 19.1 Å². The van der Waals surface area contributed by atoms with Gasteiger partial charge in [-0.05, 0) is 37.1 Å². The number of hydrogen-bond donors (Lipinski definition) is 2. The van der Waals surface area contributed by atoms with E-state index in [0.717, 1.165) is 30.7 Å². The molecule has 1 saturated heterocycles. The molecule has 1 aliphatic rings. The number of aliphatic hydroxyl groups is 1. The van der Waals surface area contributed by atoms with Crippen LogP contribution in [0.3, 0.4) is 0 Å². The highest BCUT2D eigenvalue weighted by Crippen LogP contribution is 2.22. The topological polar surface area (TPSA) is 70.0 Å². The Morgan fingerprint density at radius 2 is 2.15 bits per heavy atom. The molecule has 1 fully saturated rings. The number of hydrogen-bond acceptors (Lipinski definition) is 4. The van der Waals surface area contributed by atoms with Gasteiger partial charge in [-0.1, -0.05) is 12.1 Å². The van der Waals surface area contributed by atoms with E-state index < -0.39 is 12.1 Å². The molecule has 2 rings (SSSR count). The van der Waals surface area contributed by atoms with Gasteiger partial charge in [-0.15, -0.1) is 0 Å². The fraction of sp³-hybridized carbons (Fsp3) is 0.533. The lowest BCUT2D eigenvalue weighted by Crippen LogP contribution is -2.40. The van der Waals surface area contributed by atoms with E-state index in [4.69, 9.17) is 9.84 Å². The van der Waals surface area contributed by atoms with Crippen LogP contribution in [0.2, 0.25) is 0 Å². The predicted octanol–water partition coefficient (Wildman–Crippen LogP) is 1.53. The molecule has 5 nitrogen and oxygen atoms in total. The first-order chi connectivity index (χ1) is 9.60. The van der Waals surface area contributed by atoms with E-state index in [1.54, 1.807) is 7.11 Å². The largest absolute Gasteiger partial charge is 0.497 e. The third-order valence-corrected chi connectivity index (χ3v) is 3.79. The van der Waals surface area contributed by atoms with Gasteiger partial charge in [0, 0.05) is 13.1 Å². The maximum absolute atomic E-state index is 11.0. The number of carboxylic acids is 1. The number of likely N-dealkylation sites (tertiary alicyclic amines) is 1. The SMILES string of the molecule is COc1ccc(C(O)CN2CCCC(C(=O)O)C2)cc1. The zero-order valence-corrected chi connectivity index (χ0v) is 11.7. The third kappa shape index (κ3) is 3.71. The second kappa shape index (κ2) is 6.72. The number of piperidine rings is 1. The predicted molar refractivity (Wildman–Crippen MR) is 74.8 cm³/mol. The van der Waals surface area contributed by atoms with Gasteiger partial charge >= 0.3 is 5.97 Å². The van der Waals surface area contributed by atoms with Crippen molar-refractivity contribution in [2.45, 2.75) is 18.9 Å². The quantitative estimate of drug-likeness (QED) is 0.855. The molecule has 2 N–H and O–H groups in total. The number of β-amino-alcohol motifs (C(OH)–C–C–N with tert-alkyl or cyclic N) is 1. The summed E-state index contributed by atoms with van der Waals surface area (Å²) in [6.45, 7) is 1.83. The van der Waals surface area contributed by atoms with Crippen molar-refractivity contribution in [1.82, 2.24) is 4.90 Å². The van der Waals surface area contributed by atoms with E-state index in [2.05, 4.69) is 0 Å². The summed E-state index contributed by atoms with van der Waals surface area (Å²) in [7, 11) is 1.60. The number of methoxy groups -OCH3 is 1. The van der Waals surface area contributed by atoms with Crippen molar-refractivity contribution in [3.63, 3.8) is 0 Å². The van der Waals surface area contributed by atoms with Gasteiger partial charge in [0.1, 0.15) is 5.75 Å². The summed E-state index contributed by atoms with van der Waals surface area (Å²) in [5, 5.41) is 19.3. The molecule has 20 heavy (non-hydrogen) atoms. The number of benzene rings is 1. The fourth-order valence-corrected chi connectivity index (χ4v) is 2.60. The number of ether oxygens (including phenoxy) is 1. The lowest BCUT2D eigenvalue weighted by atomic mass is 9.97. The van der Waals surface area contributed by atoms with Crippen molar-refractivity contribution < 1.29 is 19.7 Å². The average Bonchev–Trinajstić information content (AvgIpc) is 2.47. The minimum absolute atomic E-state index is 0.313. The number of nitrogens with zero attached hydrogens (tertiary/aromatic N) is 1. The molecule has 110 valence electrons.